The number of hydrogen-bond acceptors (Lipinski definition) is 6. The van der Waals surface area contributed by atoms with Crippen LogP contribution in [0, 0.1) is 5.41 Å². The lowest BCUT2D eigenvalue weighted by Crippen LogP contribution is -2.49. The van der Waals surface area contributed by atoms with E-state index in [2.05, 4.69) is 9.88 Å². The Hall–Kier alpha value is -3.18. The molecule has 192 valence electrons. The lowest BCUT2D eigenvalue weighted by atomic mass is 9.85. The zero-order valence-electron chi connectivity index (χ0n) is 20.1. The van der Waals surface area contributed by atoms with E-state index in [1.807, 2.05) is 18.2 Å². The van der Waals surface area contributed by atoms with E-state index < -0.39 is 22.9 Å². The van der Waals surface area contributed by atoms with Crippen LogP contribution in [0.4, 0.5) is 13.2 Å². The van der Waals surface area contributed by atoms with Crippen LogP contribution in [0.5, 0.6) is 0 Å². The number of aromatic nitrogens is 2. The first-order valence-electron chi connectivity index (χ1n) is 11.7. The number of benzene rings is 1. The molecule has 0 aliphatic carbocycles. The Kier molecular flexibility index (Phi) is 6.16. The Balaban J connectivity index is 1.32. The van der Waals surface area contributed by atoms with Crippen LogP contribution in [-0.2, 0) is 42.3 Å². The second-order valence-electron chi connectivity index (χ2n) is 9.71. The number of nitrogens with zero attached hydrogens (tertiary/aromatic N) is 4. The molecule has 36 heavy (non-hydrogen) atoms. The van der Waals surface area contributed by atoms with E-state index in [-0.39, 0.29) is 19.1 Å². The highest BCUT2D eigenvalue weighted by atomic mass is 19.4. The summed E-state index contributed by atoms with van der Waals surface area (Å²) in [6.45, 7) is 2.41. The highest BCUT2D eigenvalue weighted by molar-refractivity contribution is 5.84. The highest BCUT2D eigenvalue weighted by Gasteiger charge is 2.47. The fourth-order valence-corrected chi connectivity index (χ4v) is 5.35. The summed E-state index contributed by atoms with van der Waals surface area (Å²) in [6, 6.07) is 6.71. The molecule has 1 aromatic carbocycles. The molecule has 2 aliphatic heterocycles. The average Bonchev–Trinajstić information content (AvgIpc) is 3.38. The number of rotatable bonds is 5. The van der Waals surface area contributed by atoms with E-state index >= 15 is 0 Å². The maximum Gasteiger partial charge on any atom is 0.419 e. The van der Waals surface area contributed by atoms with Crippen LogP contribution < -0.4 is 5.76 Å². The third kappa shape index (κ3) is 4.41. The lowest BCUT2D eigenvalue weighted by Gasteiger charge is -2.36. The highest BCUT2D eigenvalue weighted by Crippen LogP contribution is 2.36. The number of halogens is 3. The average molecular weight is 505 g/mol. The molecule has 0 spiro atoms. The minimum atomic E-state index is -4.48. The molecule has 4 heterocycles. The first kappa shape index (κ1) is 24.5. The van der Waals surface area contributed by atoms with Crippen molar-refractivity contribution in [3.05, 3.63) is 63.4 Å². The lowest BCUT2D eigenvalue weighted by molar-refractivity contribution is -0.145. The van der Waals surface area contributed by atoms with Crippen LogP contribution in [0.1, 0.15) is 28.8 Å². The fourth-order valence-electron chi connectivity index (χ4n) is 5.35. The van der Waals surface area contributed by atoms with Gasteiger partial charge < -0.3 is 14.1 Å². The van der Waals surface area contributed by atoms with Gasteiger partial charge >= 0.3 is 11.9 Å². The van der Waals surface area contributed by atoms with Crippen molar-refractivity contribution >= 4 is 17.0 Å². The molecule has 0 saturated carbocycles. The number of hydrogen-bond donors (Lipinski definition) is 0. The van der Waals surface area contributed by atoms with Gasteiger partial charge in [0.15, 0.2) is 5.58 Å². The molecule has 1 fully saturated rings. The predicted molar refractivity (Wildman–Crippen MR) is 124 cm³/mol. The van der Waals surface area contributed by atoms with Gasteiger partial charge in [-0.05, 0) is 42.3 Å². The summed E-state index contributed by atoms with van der Waals surface area (Å²) in [6.07, 6.45) is -2.64. The maximum atomic E-state index is 13.7. The Morgan fingerprint density at radius 3 is 2.81 bits per heavy atom. The molecular weight excluding hydrogens is 477 g/mol. The van der Waals surface area contributed by atoms with E-state index in [4.69, 9.17) is 9.15 Å². The zero-order chi connectivity index (χ0) is 25.7. The quantitative estimate of drug-likeness (QED) is 0.532. The van der Waals surface area contributed by atoms with Gasteiger partial charge in [0.1, 0.15) is 0 Å². The maximum absolute atomic E-state index is 13.7. The van der Waals surface area contributed by atoms with Crippen molar-refractivity contribution in [3.8, 4) is 0 Å². The van der Waals surface area contributed by atoms with Gasteiger partial charge in [0, 0.05) is 58.6 Å². The second-order valence-corrected chi connectivity index (χ2v) is 9.71. The molecule has 2 aromatic heterocycles. The zero-order valence-corrected chi connectivity index (χ0v) is 20.1. The van der Waals surface area contributed by atoms with Crippen molar-refractivity contribution in [2.24, 2.45) is 12.5 Å². The largest absolute Gasteiger partial charge is 0.419 e. The van der Waals surface area contributed by atoms with E-state index in [0.29, 0.717) is 61.4 Å². The topological polar surface area (TPSA) is 80.8 Å². The smallest absolute Gasteiger partial charge is 0.408 e. The molecule has 1 amide bonds. The van der Waals surface area contributed by atoms with Gasteiger partial charge in [0.05, 0.1) is 23.1 Å². The minimum absolute atomic E-state index is 0.0975. The van der Waals surface area contributed by atoms with E-state index in [1.165, 1.54) is 4.57 Å². The van der Waals surface area contributed by atoms with Gasteiger partial charge in [0.25, 0.3) is 0 Å². The minimum Gasteiger partial charge on any atom is -0.408 e. The van der Waals surface area contributed by atoms with Crippen molar-refractivity contribution in [3.63, 3.8) is 0 Å². The standard InChI is InChI=1S/C25H27F3N4O4/c1-30-20-4-3-16(9-21(20)36-23(30)34)12-31-8-6-24(14-31,15-35-2)22(33)32-7-5-19-17(13-32)10-18(11-29-19)25(26,27)28/h3-4,9-11H,5-8,12-15H2,1-2H3/t24-/m0/s1. The summed E-state index contributed by atoms with van der Waals surface area (Å²) in [5.74, 6) is -0.534. The first-order valence-corrected chi connectivity index (χ1v) is 11.7. The van der Waals surface area contributed by atoms with Gasteiger partial charge in [-0.1, -0.05) is 6.07 Å². The number of oxazole rings is 1. The molecule has 1 atom stereocenters. The molecule has 5 rings (SSSR count). The van der Waals surface area contributed by atoms with Gasteiger partial charge in [-0.2, -0.15) is 13.2 Å². The van der Waals surface area contributed by atoms with Crippen molar-refractivity contribution in [2.75, 3.05) is 33.4 Å². The second kappa shape index (κ2) is 9.04. The summed E-state index contributed by atoms with van der Waals surface area (Å²) in [4.78, 5) is 33.3. The molecule has 2 aliphatic rings. The van der Waals surface area contributed by atoms with Gasteiger partial charge in [0.2, 0.25) is 5.91 Å². The molecule has 11 heteroatoms. The van der Waals surface area contributed by atoms with Crippen molar-refractivity contribution in [1.82, 2.24) is 19.4 Å². The number of carbonyl (C=O) groups is 1. The molecule has 0 N–H and O–H groups in total. The van der Waals surface area contributed by atoms with E-state index in [9.17, 15) is 22.8 Å². The Labute approximate surface area is 205 Å². The van der Waals surface area contributed by atoms with Crippen molar-refractivity contribution in [1.29, 1.82) is 0 Å². The van der Waals surface area contributed by atoms with Gasteiger partial charge in [-0.3, -0.25) is 19.2 Å². The summed E-state index contributed by atoms with van der Waals surface area (Å²) >= 11 is 0. The van der Waals surface area contributed by atoms with Gasteiger partial charge in [-0.25, -0.2) is 4.79 Å². The van der Waals surface area contributed by atoms with E-state index in [0.717, 1.165) is 17.8 Å². The summed E-state index contributed by atoms with van der Waals surface area (Å²) < 4.78 is 51.8. The number of methoxy groups -OCH3 is 1. The SMILES string of the molecule is COC[C@]1(C(=O)N2CCc3ncc(C(F)(F)F)cc3C2)CCN(Cc2ccc3c(c2)oc(=O)n3C)C1. The summed E-state index contributed by atoms with van der Waals surface area (Å²) in [7, 11) is 3.20. The molecule has 3 aromatic rings. The third-order valence-corrected chi connectivity index (χ3v) is 7.22. The van der Waals surface area contributed by atoms with Crippen LogP contribution in [-0.4, -0.2) is 58.6 Å². The number of likely N-dealkylation sites (tertiary alicyclic amines) is 1. The molecule has 0 unspecified atom stereocenters. The number of ether oxygens (including phenoxy) is 1. The molecule has 0 bridgehead atoms. The van der Waals surface area contributed by atoms with Crippen LogP contribution in [0.25, 0.3) is 11.1 Å². The summed E-state index contributed by atoms with van der Waals surface area (Å²) in [5, 5.41) is 0. The molecule has 1 saturated heterocycles. The number of alkyl halides is 3. The number of carbonyl (C=O) groups excluding carboxylic acids is 1. The monoisotopic (exact) mass is 504 g/mol. The third-order valence-electron chi connectivity index (χ3n) is 7.22. The number of aryl methyl sites for hydroxylation is 1. The first-order chi connectivity index (χ1) is 17.1. The van der Waals surface area contributed by atoms with Crippen LogP contribution in [0.15, 0.2) is 39.7 Å². The Morgan fingerprint density at radius 1 is 1.25 bits per heavy atom. The number of amides is 1. The molecule has 0 radical (unpaired) electrons. The van der Waals surface area contributed by atoms with Crippen LogP contribution >= 0.6 is 0 Å². The Bertz CT molecular complexity index is 1370. The summed E-state index contributed by atoms with van der Waals surface area (Å²) in [5.41, 5.74) is 1.62. The molecule has 8 nitrogen and oxygen atoms in total. The fraction of sp³-hybridized carbons (Fsp3) is 0.480. The Morgan fingerprint density at radius 2 is 2.06 bits per heavy atom. The molecular formula is C25H27F3N4O4. The van der Waals surface area contributed by atoms with Crippen LogP contribution in [0.2, 0.25) is 0 Å². The van der Waals surface area contributed by atoms with Crippen molar-refractivity contribution < 1.29 is 27.1 Å². The predicted octanol–water partition coefficient (Wildman–Crippen LogP) is 2.97. The van der Waals surface area contributed by atoms with E-state index in [1.54, 1.807) is 19.1 Å². The van der Waals surface area contributed by atoms with Crippen molar-refractivity contribution in [2.45, 2.75) is 32.1 Å². The number of fused-ring (bicyclic) bond motifs is 2. The normalized spacial score (nSPS) is 20.8. The van der Waals surface area contributed by atoms with Crippen LogP contribution in [0.3, 0.4) is 0 Å². The van der Waals surface area contributed by atoms with Gasteiger partial charge in [-0.15, -0.1) is 0 Å². The number of pyridine rings is 1.